The Hall–Kier alpha value is -1.20. The second-order valence-electron chi connectivity index (χ2n) is 6.74. The molecule has 0 radical (unpaired) electrons. The number of H-pyrrole nitrogens is 1. The minimum absolute atomic E-state index is 0.0455. The Balaban J connectivity index is 0.00000114. The van der Waals surface area contributed by atoms with Gasteiger partial charge in [-0.3, -0.25) is 9.69 Å². The first kappa shape index (κ1) is 23.8. The molecule has 1 saturated heterocycles. The third kappa shape index (κ3) is 7.38. The van der Waals surface area contributed by atoms with Gasteiger partial charge in [0.15, 0.2) is 5.15 Å². The van der Waals surface area contributed by atoms with Gasteiger partial charge in [0, 0.05) is 46.1 Å². The summed E-state index contributed by atoms with van der Waals surface area (Å²) < 4.78 is 25.2. The fourth-order valence-corrected chi connectivity index (χ4v) is 4.26. The molecule has 1 aromatic rings. The molecule has 0 bridgehead atoms. The van der Waals surface area contributed by atoms with Gasteiger partial charge in [0.25, 0.3) is 6.47 Å². The molecule has 0 saturated carbocycles. The summed E-state index contributed by atoms with van der Waals surface area (Å²) in [5, 5.41) is 17.5. The predicted molar refractivity (Wildman–Crippen MR) is 103 cm³/mol. The number of aliphatic hydroxyl groups is 1. The van der Waals surface area contributed by atoms with Crippen molar-refractivity contribution >= 4 is 28.1 Å². The van der Waals surface area contributed by atoms with Crippen molar-refractivity contribution in [2.75, 3.05) is 32.9 Å². The van der Waals surface area contributed by atoms with Crippen LogP contribution in [0, 0.1) is 5.92 Å². The van der Waals surface area contributed by atoms with Crippen molar-refractivity contribution in [3.63, 3.8) is 0 Å². The third-order valence-corrected chi connectivity index (χ3v) is 6.66. The number of aliphatic hydroxyl groups excluding tert-OH is 1. The van der Waals surface area contributed by atoms with Crippen LogP contribution < -0.4 is 0 Å². The van der Waals surface area contributed by atoms with Gasteiger partial charge in [0.2, 0.25) is 10.0 Å². The lowest BCUT2D eigenvalue weighted by atomic mass is 10.1. The summed E-state index contributed by atoms with van der Waals surface area (Å²) in [6, 6.07) is 0. The number of carbonyl (C=O) groups is 1. The minimum Gasteiger partial charge on any atom is -0.483 e. The molecule has 0 aliphatic carbocycles. The first-order valence-electron chi connectivity index (χ1n) is 8.76. The first-order valence-corrected chi connectivity index (χ1v) is 10.7. The van der Waals surface area contributed by atoms with Crippen molar-refractivity contribution in [3.8, 4) is 0 Å². The van der Waals surface area contributed by atoms with Gasteiger partial charge < -0.3 is 15.2 Å². The van der Waals surface area contributed by atoms with Crippen molar-refractivity contribution in [2.24, 2.45) is 5.92 Å². The van der Waals surface area contributed by atoms with Gasteiger partial charge in [-0.2, -0.15) is 0 Å². The summed E-state index contributed by atoms with van der Waals surface area (Å²) >= 11 is 6.19. The van der Waals surface area contributed by atoms with Crippen LogP contribution in [0.3, 0.4) is 0 Å². The maximum absolute atomic E-state index is 12.0. The Morgan fingerprint density at radius 3 is 2.59 bits per heavy atom. The second-order valence-corrected chi connectivity index (χ2v) is 9.33. The van der Waals surface area contributed by atoms with Crippen LogP contribution in [0.1, 0.15) is 31.3 Å². The van der Waals surface area contributed by atoms with Gasteiger partial charge in [0.1, 0.15) is 5.82 Å². The summed E-state index contributed by atoms with van der Waals surface area (Å²) in [6.07, 6.45) is 2.35. The quantitative estimate of drug-likeness (QED) is 0.526. The standard InChI is InChI=1S/C15H27ClN4O3S.CH2O2/c1-4-5-6-14-17-12(15(16)18-14)8-20-7-11(13(21)9-20)10-24(22,23)19(2)3;2-1-3/h11,13,21H,4-10H2,1-3H3,(H,17,18);1H,(H,2,3)/t11-,13+;/m0./s1. The van der Waals surface area contributed by atoms with Gasteiger partial charge in [-0.15, -0.1) is 0 Å². The van der Waals surface area contributed by atoms with E-state index in [1.54, 1.807) is 0 Å². The Morgan fingerprint density at radius 1 is 1.41 bits per heavy atom. The normalized spacial score (nSPS) is 20.5. The van der Waals surface area contributed by atoms with Crippen LogP contribution in [0.15, 0.2) is 0 Å². The number of nitrogens with one attached hydrogen (secondary N) is 1. The van der Waals surface area contributed by atoms with E-state index in [-0.39, 0.29) is 18.1 Å². The van der Waals surface area contributed by atoms with Crippen LogP contribution >= 0.6 is 11.6 Å². The van der Waals surface area contributed by atoms with E-state index in [1.807, 2.05) is 4.90 Å². The minimum atomic E-state index is -3.32. The Bertz CT molecular complexity index is 695. The van der Waals surface area contributed by atoms with Crippen molar-refractivity contribution in [3.05, 3.63) is 16.7 Å². The average molecular weight is 425 g/mol. The molecular formula is C16H29ClN4O5S. The van der Waals surface area contributed by atoms with E-state index < -0.39 is 16.1 Å². The number of likely N-dealkylation sites (tertiary alicyclic amines) is 1. The summed E-state index contributed by atoms with van der Waals surface area (Å²) in [5.41, 5.74) is 0.825. The molecule has 27 heavy (non-hydrogen) atoms. The molecule has 1 aliphatic rings. The fraction of sp³-hybridized carbons (Fsp3) is 0.750. The molecule has 0 amide bonds. The lowest BCUT2D eigenvalue weighted by Gasteiger charge is -2.17. The highest BCUT2D eigenvalue weighted by Crippen LogP contribution is 2.23. The number of aryl methyl sites for hydroxylation is 1. The van der Waals surface area contributed by atoms with Crippen LogP contribution in [0.4, 0.5) is 0 Å². The number of rotatable bonds is 8. The van der Waals surface area contributed by atoms with Gasteiger partial charge in [-0.25, -0.2) is 17.7 Å². The van der Waals surface area contributed by atoms with Crippen molar-refractivity contribution in [2.45, 2.75) is 38.8 Å². The molecule has 9 nitrogen and oxygen atoms in total. The maximum atomic E-state index is 12.0. The molecule has 1 fully saturated rings. The maximum Gasteiger partial charge on any atom is 0.290 e. The molecule has 156 valence electrons. The van der Waals surface area contributed by atoms with E-state index in [1.165, 1.54) is 18.4 Å². The molecule has 2 heterocycles. The SMILES string of the molecule is CCCCc1nc(Cl)c(CN2C[C@@H](CS(=O)(=O)N(C)C)[C@H](O)C2)[nH]1.O=CO. The molecule has 3 N–H and O–H groups in total. The van der Waals surface area contributed by atoms with Crippen LogP contribution in [-0.2, 0) is 27.8 Å². The van der Waals surface area contributed by atoms with Gasteiger partial charge >= 0.3 is 0 Å². The average Bonchev–Trinajstić information content (AvgIpc) is 3.08. The highest BCUT2D eigenvalue weighted by Gasteiger charge is 2.35. The topological polar surface area (TPSA) is 127 Å². The highest BCUT2D eigenvalue weighted by atomic mass is 35.5. The number of hydrogen-bond donors (Lipinski definition) is 3. The van der Waals surface area contributed by atoms with E-state index in [4.69, 9.17) is 21.5 Å². The zero-order valence-electron chi connectivity index (χ0n) is 15.9. The first-order chi connectivity index (χ1) is 12.6. The van der Waals surface area contributed by atoms with Gasteiger partial charge in [0.05, 0.1) is 17.6 Å². The molecule has 0 aromatic carbocycles. The van der Waals surface area contributed by atoms with Crippen molar-refractivity contribution < 1.29 is 23.4 Å². The van der Waals surface area contributed by atoms with E-state index in [0.717, 1.165) is 30.8 Å². The van der Waals surface area contributed by atoms with Crippen LogP contribution in [0.25, 0.3) is 0 Å². The number of nitrogens with zero attached hydrogens (tertiary/aromatic N) is 3. The smallest absolute Gasteiger partial charge is 0.290 e. The zero-order chi connectivity index (χ0) is 20.6. The molecule has 11 heteroatoms. The third-order valence-electron chi connectivity index (χ3n) is 4.39. The van der Waals surface area contributed by atoms with E-state index in [0.29, 0.717) is 24.8 Å². The summed E-state index contributed by atoms with van der Waals surface area (Å²) in [5.74, 6) is 0.540. The number of sulfonamides is 1. The summed E-state index contributed by atoms with van der Waals surface area (Å²) in [4.78, 5) is 18.0. The largest absolute Gasteiger partial charge is 0.483 e. The lowest BCUT2D eigenvalue weighted by molar-refractivity contribution is -0.122. The molecule has 0 unspecified atom stereocenters. The van der Waals surface area contributed by atoms with E-state index in [9.17, 15) is 13.5 Å². The van der Waals surface area contributed by atoms with Gasteiger partial charge in [-0.1, -0.05) is 24.9 Å². The number of halogens is 1. The number of imidazole rings is 1. The van der Waals surface area contributed by atoms with Crippen LogP contribution in [0.5, 0.6) is 0 Å². The lowest BCUT2D eigenvalue weighted by Crippen LogP contribution is -2.33. The monoisotopic (exact) mass is 424 g/mol. The number of unbranched alkanes of at least 4 members (excludes halogenated alkanes) is 1. The predicted octanol–water partition coefficient (Wildman–Crippen LogP) is 0.791. The zero-order valence-corrected chi connectivity index (χ0v) is 17.5. The van der Waals surface area contributed by atoms with Gasteiger partial charge in [-0.05, 0) is 6.42 Å². The Kier molecular flexibility index (Phi) is 9.68. The molecule has 2 atom stereocenters. The Labute approximate surface area is 165 Å². The summed E-state index contributed by atoms with van der Waals surface area (Å²) in [7, 11) is -0.304. The van der Waals surface area contributed by atoms with Crippen molar-refractivity contribution in [1.29, 1.82) is 0 Å². The Morgan fingerprint density at radius 2 is 2.04 bits per heavy atom. The number of hydrogen-bond acceptors (Lipinski definition) is 6. The number of β-amino-alcohol motifs (C(OH)–C–C–N with tert-alkyl or cyclic N) is 1. The number of aromatic nitrogens is 2. The highest BCUT2D eigenvalue weighted by molar-refractivity contribution is 7.89. The molecule has 1 aliphatic heterocycles. The van der Waals surface area contributed by atoms with Crippen molar-refractivity contribution in [1.82, 2.24) is 19.2 Å². The van der Waals surface area contributed by atoms with E-state index in [2.05, 4.69) is 16.9 Å². The molecule has 2 rings (SSSR count). The molecule has 0 spiro atoms. The summed E-state index contributed by atoms with van der Waals surface area (Å²) in [6.45, 7) is 3.37. The van der Waals surface area contributed by atoms with Crippen LogP contribution in [0.2, 0.25) is 5.15 Å². The second kappa shape index (κ2) is 11.0. The van der Waals surface area contributed by atoms with E-state index >= 15 is 0 Å². The van der Waals surface area contributed by atoms with Crippen LogP contribution in [-0.4, -0.2) is 83.3 Å². The molecule has 1 aromatic heterocycles. The number of carboxylic acid groups (broad SMARTS) is 1. The fourth-order valence-electron chi connectivity index (χ4n) is 2.88. The number of aromatic amines is 1. The molecular weight excluding hydrogens is 396 g/mol.